The summed E-state index contributed by atoms with van der Waals surface area (Å²) in [6, 6.07) is -1.03. The molecule has 0 aromatic heterocycles. The molecule has 0 spiro atoms. The van der Waals surface area contributed by atoms with E-state index < -0.39 is 38.6 Å². The Balaban J connectivity index is 4.67. The van der Waals surface area contributed by atoms with Gasteiger partial charge in [-0.25, -0.2) is 4.57 Å². The standard InChI is InChI=1S/C36H67N2O7P/c1-3-5-7-9-11-13-15-16-18-20-22-24-26-28-35(40)34(32-45-46(42,43)44-30-29-37)38-36(41)31-33(39)27-25-23-21-19-17-14-12-10-8-6-4-2/h18-21,25-28,33-35,39-40H,3-17,22-24,29-32,37H2,1-2H3,(H,38,41)(H,42,43)/b20-18+,21-19-,27-25-,28-26+. The van der Waals surface area contributed by atoms with Crippen LogP contribution in [0, 0.1) is 0 Å². The van der Waals surface area contributed by atoms with Crippen LogP contribution in [0.15, 0.2) is 48.6 Å². The van der Waals surface area contributed by atoms with Gasteiger partial charge in [0.2, 0.25) is 5.91 Å². The Labute approximate surface area is 280 Å². The molecule has 0 aromatic rings. The van der Waals surface area contributed by atoms with Crippen molar-refractivity contribution in [3.63, 3.8) is 0 Å². The Kier molecular flexibility index (Phi) is 30.9. The molecular weight excluding hydrogens is 603 g/mol. The van der Waals surface area contributed by atoms with Crippen molar-refractivity contribution in [2.24, 2.45) is 5.73 Å². The van der Waals surface area contributed by atoms with E-state index in [1.165, 1.54) is 89.5 Å². The molecule has 0 bridgehead atoms. The van der Waals surface area contributed by atoms with E-state index in [1.54, 1.807) is 6.08 Å². The van der Waals surface area contributed by atoms with Gasteiger partial charge in [-0.3, -0.25) is 13.8 Å². The number of hydrogen-bond donors (Lipinski definition) is 5. The molecule has 4 unspecified atom stereocenters. The quantitative estimate of drug-likeness (QED) is 0.0275. The number of unbranched alkanes of at least 4 members (excludes halogenated alkanes) is 14. The summed E-state index contributed by atoms with van der Waals surface area (Å²) in [6.45, 7) is 3.84. The Morgan fingerprint density at radius 3 is 1.89 bits per heavy atom. The fourth-order valence-corrected chi connectivity index (χ4v) is 5.48. The van der Waals surface area contributed by atoms with Crippen LogP contribution in [-0.2, 0) is 18.4 Å². The van der Waals surface area contributed by atoms with E-state index >= 15 is 0 Å². The second kappa shape index (κ2) is 32.0. The zero-order chi connectivity index (χ0) is 34.1. The third kappa shape index (κ3) is 29.8. The summed E-state index contributed by atoms with van der Waals surface area (Å²) in [7, 11) is -4.41. The molecule has 0 fully saturated rings. The number of phosphoric ester groups is 1. The van der Waals surface area contributed by atoms with Gasteiger partial charge in [-0.1, -0.05) is 133 Å². The van der Waals surface area contributed by atoms with Gasteiger partial charge >= 0.3 is 7.82 Å². The number of allylic oxidation sites excluding steroid dienone is 6. The number of phosphoric acid groups is 1. The Morgan fingerprint density at radius 2 is 1.28 bits per heavy atom. The molecule has 0 aromatic carbocycles. The molecule has 0 aliphatic carbocycles. The molecule has 268 valence electrons. The number of nitrogens with one attached hydrogen (secondary N) is 1. The predicted octanol–water partition coefficient (Wildman–Crippen LogP) is 7.96. The first-order valence-electron chi connectivity index (χ1n) is 17.9. The van der Waals surface area contributed by atoms with Gasteiger partial charge in [0.05, 0.1) is 37.9 Å². The summed E-state index contributed by atoms with van der Waals surface area (Å²) in [5.74, 6) is -0.527. The molecule has 9 nitrogen and oxygen atoms in total. The normalized spacial score (nSPS) is 15.7. The number of hydrogen-bond acceptors (Lipinski definition) is 7. The number of aliphatic hydroxyl groups is 2. The Bertz CT molecular complexity index is 878. The Morgan fingerprint density at radius 1 is 0.739 bits per heavy atom. The van der Waals surface area contributed by atoms with E-state index in [2.05, 4.69) is 43.5 Å². The fraction of sp³-hybridized carbons (Fsp3) is 0.750. The van der Waals surface area contributed by atoms with Gasteiger partial charge in [-0.05, 0) is 44.9 Å². The molecule has 0 saturated heterocycles. The third-order valence-corrected chi connectivity index (χ3v) is 8.42. The summed E-state index contributed by atoms with van der Waals surface area (Å²) in [5.41, 5.74) is 5.32. The van der Waals surface area contributed by atoms with Crippen molar-refractivity contribution in [3.8, 4) is 0 Å². The molecular formula is C36H67N2O7P. The Hall–Kier alpha value is -1.58. The molecule has 0 radical (unpaired) electrons. The average molecular weight is 671 g/mol. The molecule has 10 heteroatoms. The second-order valence-electron chi connectivity index (χ2n) is 11.9. The van der Waals surface area contributed by atoms with Crippen LogP contribution in [0.2, 0.25) is 0 Å². The summed E-state index contributed by atoms with van der Waals surface area (Å²) in [4.78, 5) is 22.5. The average Bonchev–Trinajstić information content (AvgIpc) is 3.03. The zero-order valence-electron chi connectivity index (χ0n) is 28.9. The van der Waals surface area contributed by atoms with Crippen molar-refractivity contribution >= 4 is 13.7 Å². The van der Waals surface area contributed by atoms with Crippen LogP contribution < -0.4 is 11.1 Å². The first kappa shape index (κ1) is 44.4. The number of aliphatic hydroxyl groups excluding tert-OH is 2. The highest BCUT2D eigenvalue weighted by Crippen LogP contribution is 2.43. The highest BCUT2D eigenvalue weighted by molar-refractivity contribution is 7.47. The lowest BCUT2D eigenvalue weighted by Gasteiger charge is -2.23. The van der Waals surface area contributed by atoms with Gasteiger partial charge in [-0.2, -0.15) is 0 Å². The van der Waals surface area contributed by atoms with Gasteiger partial charge in [0.15, 0.2) is 0 Å². The summed E-state index contributed by atoms with van der Waals surface area (Å²) >= 11 is 0. The molecule has 0 rings (SSSR count). The maximum absolute atomic E-state index is 12.7. The van der Waals surface area contributed by atoms with Crippen molar-refractivity contribution in [3.05, 3.63) is 48.6 Å². The monoisotopic (exact) mass is 670 g/mol. The largest absolute Gasteiger partial charge is 0.472 e. The van der Waals surface area contributed by atoms with Gasteiger partial charge in [-0.15, -0.1) is 0 Å². The molecule has 4 atom stereocenters. The van der Waals surface area contributed by atoms with Crippen LogP contribution in [0.1, 0.15) is 136 Å². The molecule has 0 aliphatic heterocycles. The summed E-state index contributed by atoms with van der Waals surface area (Å²) in [5, 5.41) is 23.7. The molecule has 0 saturated carbocycles. The van der Waals surface area contributed by atoms with Gasteiger partial charge in [0, 0.05) is 6.54 Å². The van der Waals surface area contributed by atoms with E-state index in [4.69, 9.17) is 14.8 Å². The smallest absolute Gasteiger partial charge is 0.389 e. The molecule has 0 aliphatic rings. The molecule has 46 heavy (non-hydrogen) atoms. The van der Waals surface area contributed by atoms with Crippen LogP contribution in [0.5, 0.6) is 0 Å². The van der Waals surface area contributed by atoms with E-state index in [1.807, 2.05) is 12.2 Å². The lowest BCUT2D eigenvalue weighted by atomic mass is 10.1. The SMILES string of the molecule is CCCCCCCC/C=C\C/C=C\C(O)CC(=O)NC(COP(=O)(O)OCCN)C(O)/C=C/CC/C=C/CCCCCCCCC. The van der Waals surface area contributed by atoms with Crippen molar-refractivity contribution < 1.29 is 33.5 Å². The third-order valence-electron chi connectivity index (χ3n) is 7.44. The number of carbonyl (C=O) groups is 1. The van der Waals surface area contributed by atoms with E-state index in [0.717, 1.165) is 19.3 Å². The predicted molar refractivity (Wildman–Crippen MR) is 190 cm³/mol. The lowest BCUT2D eigenvalue weighted by molar-refractivity contribution is -0.124. The van der Waals surface area contributed by atoms with Crippen LogP contribution in [-0.4, -0.2) is 59.0 Å². The van der Waals surface area contributed by atoms with Crippen LogP contribution >= 0.6 is 7.82 Å². The van der Waals surface area contributed by atoms with Crippen molar-refractivity contribution in [2.75, 3.05) is 19.8 Å². The topological polar surface area (TPSA) is 151 Å². The van der Waals surface area contributed by atoms with Crippen molar-refractivity contribution in [1.29, 1.82) is 0 Å². The molecule has 1 amide bonds. The minimum Gasteiger partial charge on any atom is -0.389 e. The highest BCUT2D eigenvalue weighted by Gasteiger charge is 2.27. The first-order valence-corrected chi connectivity index (χ1v) is 19.4. The lowest BCUT2D eigenvalue weighted by Crippen LogP contribution is -2.46. The molecule has 0 heterocycles. The zero-order valence-corrected chi connectivity index (χ0v) is 29.8. The van der Waals surface area contributed by atoms with E-state index in [-0.39, 0.29) is 19.6 Å². The minimum atomic E-state index is -4.41. The van der Waals surface area contributed by atoms with Crippen LogP contribution in [0.4, 0.5) is 0 Å². The van der Waals surface area contributed by atoms with Gasteiger partial charge < -0.3 is 26.2 Å². The highest BCUT2D eigenvalue weighted by atomic mass is 31.2. The van der Waals surface area contributed by atoms with Gasteiger partial charge in [0.1, 0.15) is 0 Å². The second-order valence-corrected chi connectivity index (χ2v) is 13.4. The molecule has 6 N–H and O–H groups in total. The first-order chi connectivity index (χ1) is 22.3. The van der Waals surface area contributed by atoms with Crippen molar-refractivity contribution in [2.45, 2.75) is 154 Å². The minimum absolute atomic E-state index is 0.0350. The maximum atomic E-state index is 12.7. The van der Waals surface area contributed by atoms with E-state index in [9.17, 15) is 24.5 Å². The summed E-state index contributed by atoms with van der Waals surface area (Å²) in [6.07, 6.45) is 33.7. The van der Waals surface area contributed by atoms with Crippen LogP contribution in [0.3, 0.4) is 0 Å². The number of amides is 1. The number of carbonyl (C=O) groups excluding carboxylic acids is 1. The number of nitrogens with two attached hydrogens (primary N) is 1. The van der Waals surface area contributed by atoms with Crippen LogP contribution in [0.25, 0.3) is 0 Å². The van der Waals surface area contributed by atoms with Gasteiger partial charge in [0.25, 0.3) is 0 Å². The summed E-state index contributed by atoms with van der Waals surface area (Å²) < 4.78 is 21.9. The van der Waals surface area contributed by atoms with Crippen molar-refractivity contribution in [1.82, 2.24) is 5.32 Å². The van der Waals surface area contributed by atoms with E-state index in [0.29, 0.717) is 12.8 Å². The number of rotatable bonds is 32. The fourth-order valence-electron chi connectivity index (χ4n) is 4.72. The maximum Gasteiger partial charge on any atom is 0.472 e.